The molecule has 0 atom stereocenters. The number of aromatic nitrogens is 5. The fourth-order valence-corrected chi connectivity index (χ4v) is 4.54. The number of aromatic amines is 1. The van der Waals surface area contributed by atoms with E-state index in [1.54, 1.807) is 0 Å². The summed E-state index contributed by atoms with van der Waals surface area (Å²) in [6.07, 6.45) is -0.268. The van der Waals surface area contributed by atoms with Crippen LogP contribution in [-0.2, 0) is 10.0 Å². The number of nitrogens with zero attached hydrogens (tertiary/aromatic N) is 4. The van der Waals surface area contributed by atoms with Crippen molar-refractivity contribution in [2.75, 3.05) is 25.5 Å². The van der Waals surface area contributed by atoms with Gasteiger partial charge in [-0.3, -0.25) is 0 Å². The van der Waals surface area contributed by atoms with Gasteiger partial charge in [-0.15, -0.1) is 5.10 Å². The van der Waals surface area contributed by atoms with Crippen LogP contribution in [0.25, 0.3) is 16.6 Å². The number of fused-ring (bicyclic) bond motifs is 1. The van der Waals surface area contributed by atoms with Crippen LogP contribution < -0.4 is 18.9 Å². The minimum absolute atomic E-state index is 0.191. The van der Waals surface area contributed by atoms with Crippen molar-refractivity contribution >= 4 is 38.5 Å². The summed E-state index contributed by atoms with van der Waals surface area (Å²) in [6.45, 7) is -0.985. The number of halogens is 4. The van der Waals surface area contributed by atoms with Crippen LogP contribution in [0.15, 0.2) is 35.5 Å². The fraction of sp³-hybridized carbons (Fsp3) is 0.211. The standard InChI is InChI=1S/C19H16ClF3N6O5S/c1-32-17-16(34-8-12(21)22)18(33-2)26-19(25-17)28-35(30,31)11-7-24-14-9(11)3-4-10(20)15(14)29-6-5-13(23)27-29/h3-7,12,24H,8H2,1-2H3,(H,25,26,28). The molecule has 0 saturated heterocycles. The van der Waals surface area contributed by atoms with Gasteiger partial charge in [0.15, 0.2) is 0 Å². The number of benzene rings is 1. The molecule has 0 amide bonds. The Morgan fingerprint density at radius 1 is 1.17 bits per heavy atom. The van der Waals surface area contributed by atoms with Gasteiger partial charge in [0.05, 0.1) is 24.8 Å². The fourth-order valence-electron chi connectivity index (χ4n) is 3.18. The van der Waals surface area contributed by atoms with Crippen LogP contribution in [-0.4, -0.2) is 60.4 Å². The van der Waals surface area contributed by atoms with Crippen LogP contribution in [0.3, 0.4) is 0 Å². The maximum atomic E-state index is 13.4. The van der Waals surface area contributed by atoms with Crippen molar-refractivity contribution in [1.29, 1.82) is 0 Å². The van der Waals surface area contributed by atoms with Crippen LogP contribution in [0.5, 0.6) is 17.5 Å². The van der Waals surface area contributed by atoms with E-state index < -0.39 is 35.0 Å². The lowest BCUT2D eigenvalue weighted by Gasteiger charge is -2.14. The van der Waals surface area contributed by atoms with Gasteiger partial charge < -0.3 is 19.2 Å². The predicted octanol–water partition coefficient (Wildman–Crippen LogP) is 3.40. The average Bonchev–Trinajstić information content (AvgIpc) is 3.43. The third-order valence-electron chi connectivity index (χ3n) is 4.59. The number of H-pyrrole nitrogens is 1. The molecule has 2 N–H and O–H groups in total. The minimum Gasteiger partial charge on any atom is -0.478 e. The molecular weight excluding hydrogens is 517 g/mol. The van der Waals surface area contributed by atoms with Gasteiger partial charge in [0.25, 0.3) is 28.2 Å². The smallest absolute Gasteiger partial charge is 0.272 e. The maximum Gasteiger partial charge on any atom is 0.272 e. The van der Waals surface area contributed by atoms with Gasteiger partial charge in [-0.25, -0.2) is 26.6 Å². The molecule has 3 aromatic heterocycles. The molecule has 3 heterocycles. The first kappa shape index (κ1) is 24.4. The molecule has 16 heteroatoms. The van der Waals surface area contributed by atoms with Crippen molar-refractivity contribution < 1.29 is 35.8 Å². The topological polar surface area (TPSA) is 133 Å². The van der Waals surface area contributed by atoms with Gasteiger partial charge in [0.2, 0.25) is 17.6 Å². The van der Waals surface area contributed by atoms with Crippen molar-refractivity contribution in [1.82, 2.24) is 24.7 Å². The van der Waals surface area contributed by atoms with E-state index in [2.05, 4.69) is 24.8 Å². The maximum absolute atomic E-state index is 13.4. The Bertz CT molecular complexity index is 1470. The van der Waals surface area contributed by atoms with Gasteiger partial charge >= 0.3 is 0 Å². The zero-order valence-electron chi connectivity index (χ0n) is 17.9. The number of hydrogen-bond donors (Lipinski definition) is 2. The molecule has 0 aliphatic rings. The quantitative estimate of drug-likeness (QED) is 0.335. The SMILES string of the molecule is COc1nc(NS(=O)(=O)c2c[nH]c3c(-n4ccc(F)n4)c(Cl)ccc23)nc(OC)c1OCC(F)F. The number of sulfonamides is 1. The second-order valence-corrected chi connectivity index (χ2v) is 8.82. The lowest BCUT2D eigenvalue weighted by molar-refractivity contribution is 0.0781. The third kappa shape index (κ3) is 4.77. The highest BCUT2D eigenvalue weighted by molar-refractivity contribution is 7.93. The second kappa shape index (κ2) is 9.50. The molecule has 1 aromatic carbocycles. The second-order valence-electron chi connectivity index (χ2n) is 6.76. The van der Waals surface area contributed by atoms with Crippen LogP contribution in [0.1, 0.15) is 0 Å². The molecule has 186 valence electrons. The first-order valence-electron chi connectivity index (χ1n) is 9.59. The number of anilines is 1. The van der Waals surface area contributed by atoms with Crippen LogP contribution in [0.2, 0.25) is 5.02 Å². The first-order valence-corrected chi connectivity index (χ1v) is 11.5. The van der Waals surface area contributed by atoms with Gasteiger partial charge in [0, 0.05) is 23.8 Å². The summed E-state index contributed by atoms with van der Waals surface area (Å²) in [5.74, 6) is -2.20. The number of ether oxygens (including phenoxy) is 3. The van der Waals surface area contributed by atoms with Crippen molar-refractivity contribution in [3.8, 4) is 23.2 Å². The summed E-state index contributed by atoms with van der Waals surface area (Å²) in [6, 6.07) is 4.00. The Morgan fingerprint density at radius 2 is 1.86 bits per heavy atom. The minimum atomic E-state index is -4.32. The van der Waals surface area contributed by atoms with Gasteiger partial charge in [-0.2, -0.15) is 14.4 Å². The summed E-state index contributed by atoms with van der Waals surface area (Å²) < 4.78 is 83.3. The highest BCUT2D eigenvalue weighted by Crippen LogP contribution is 2.37. The Hall–Kier alpha value is -3.72. The van der Waals surface area contributed by atoms with E-state index >= 15 is 0 Å². The molecule has 11 nitrogen and oxygen atoms in total. The molecule has 4 aromatic rings. The number of rotatable bonds is 9. The van der Waals surface area contributed by atoms with E-state index in [1.807, 2.05) is 0 Å². The van der Waals surface area contributed by atoms with E-state index in [0.717, 1.165) is 10.7 Å². The predicted molar refractivity (Wildman–Crippen MR) is 118 cm³/mol. The van der Waals surface area contributed by atoms with E-state index in [0.29, 0.717) is 0 Å². The van der Waals surface area contributed by atoms with Gasteiger partial charge in [-0.1, -0.05) is 11.6 Å². The zero-order chi connectivity index (χ0) is 25.3. The molecule has 0 bridgehead atoms. The molecule has 0 fully saturated rings. The van der Waals surface area contributed by atoms with Gasteiger partial charge in [0.1, 0.15) is 17.2 Å². The van der Waals surface area contributed by atoms with Crippen molar-refractivity contribution in [3.05, 3.63) is 41.6 Å². The van der Waals surface area contributed by atoms with E-state index in [-0.39, 0.29) is 44.0 Å². The monoisotopic (exact) mass is 532 g/mol. The van der Waals surface area contributed by atoms with Crippen molar-refractivity contribution in [2.45, 2.75) is 11.3 Å². The lowest BCUT2D eigenvalue weighted by atomic mass is 10.2. The summed E-state index contributed by atoms with van der Waals surface area (Å²) in [5, 5.41) is 4.08. The summed E-state index contributed by atoms with van der Waals surface area (Å²) in [7, 11) is -1.96. The molecular formula is C19H16ClF3N6O5S. The molecule has 4 rings (SSSR count). The molecule has 35 heavy (non-hydrogen) atoms. The van der Waals surface area contributed by atoms with Crippen molar-refractivity contribution in [2.24, 2.45) is 0 Å². The van der Waals surface area contributed by atoms with Gasteiger partial charge in [-0.05, 0) is 12.1 Å². The van der Waals surface area contributed by atoms with Crippen LogP contribution >= 0.6 is 11.6 Å². The van der Waals surface area contributed by atoms with E-state index in [1.165, 1.54) is 38.7 Å². The first-order chi connectivity index (χ1) is 16.6. The average molecular weight is 533 g/mol. The number of methoxy groups -OCH3 is 2. The summed E-state index contributed by atoms with van der Waals surface area (Å²) >= 11 is 6.25. The Morgan fingerprint density at radius 3 is 2.43 bits per heavy atom. The van der Waals surface area contributed by atoms with E-state index in [9.17, 15) is 21.6 Å². The molecule has 0 aliphatic heterocycles. The Labute approximate surface area is 200 Å². The number of alkyl halides is 2. The van der Waals surface area contributed by atoms with E-state index in [4.69, 9.17) is 25.8 Å². The molecule has 0 radical (unpaired) electrons. The molecule has 0 spiro atoms. The lowest BCUT2D eigenvalue weighted by Crippen LogP contribution is -2.16. The summed E-state index contributed by atoms with van der Waals surface area (Å²) in [4.78, 5) is 10.3. The normalized spacial score (nSPS) is 11.7. The van der Waals surface area contributed by atoms with Crippen LogP contribution in [0, 0.1) is 5.95 Å². The third-order valence-corrected chi connectivity index (χ3v) is 6.26. The largest absolute Gasteiger partial charge is 0.478 e. The highest BCUT2D eigenvalue weighted by Gasteiger charge is 2.26. The number of hydrogen-bond acceptors (Lipinski definition) is 8. The van der Waals surface area contributed by atoms with Crippen molar-refractivity contribution in [3.63, 3.8) is 0 Å². The Balaban J connectivity index is 1.74. The zero-order valence-corrected chi connectivity index (χ0v) is 19.5. The molecule has 0 unspecified atom stereocenters. The molecule has 0 saturated carbocycles. The molecule has 0 aliphatic carbocycles. The number of nitrogens with one attached hydrogen (secondary N) is 2. The summed E-state index contributed by atoms with van der Waals surface area (Å²) in [5.41, 5.74) is 0.502. The van der Waals surface area contributed by atoms with Crippen LogP contribution in [0.4, 0.5) is 19.1 Å². The Kier molecular flexibility index (Phi) is 6.62. The highest BCUT2D eigenvalue weighted by atomic mass is 35.5.